The summed E-state index contributed by atoms with van der Waals surface area (Å²) in [5, 5.41) is 4.84. The number of nitrogens with zero attached hydrogens (tertiary/aromatic N) is 1. The molecule has 0 saturated carbocycles. The van der Waals surface area contributed by atoms with Crippen LogP contribution in [0.25, 0.3) is 22.4 Å². The lowest BCUT2D eigenvalue weighted by molar-refractivity contribution is -0.149. The van der Waals surface area contributed by atoms with E-state index in [0.29, 0.717) is 5.13 Å². The Morgan fingerprint density at radius 2 is 1.61 bits per heavy atom. The van der Waals surface area contributed by atoms with E-state index in [1.807, 2.05) is 60.0 Å². The van der Waals surface area contributed by atoms with Crippen molar-refractivity contribution < 1.29 is 23.5 Å². The standard InChI is InChI=1S/C25H19FN2O4S/c26-20-7-4-8-21(13-20)31-15-24(30)32-14-23(29)28-25-27-22(16-33-25)19-11-9-18(10-12-19)17-5-2-1-3-6-17/h1-13,16H,14-15H2,(H,27,28,29). The molecule has 4 rings (SSSR count). The van der Waals surface area contributed by atoms with E-state index in [9.17, 15) is 14.0 Å². The fraction of sp³-hybridized carbons (Fsp3) is 0.0800. The third-order valence-corrected chi connectivity index (χ3v) is 5.31. The molecule has 0 spiro atoms. The first-order valence-corrected chi connectivity index (χ1v) is 10.9. The molecule has 3 aromatic carbocycles. The molecule has 33 heavy (non-hydrogen) atoms. The number of amides is 1. The van der Waals surface area contributed by atoms with Gasteiger partial charge in [0.25, 0.3) is 5.91 Å². The fourth-order valence-electron chi connectivity index (χ4n) is 2.97. The molecule has 1 amide bonds. The van der Waals surface area contributed by atoms with Gasteiger partial charge in [-0.25, -0.2) is 14.2 Å². The highest BCUT2D eigenvalue weighted by Crippen LogP contribution is 2.27. The van der Waals surface area contributed by atoms with Gasteiger partial charge < -0.3 is 9.47 Å². The van der Waals surface area contributed by atoms with Crippen LogP contribution in [0.5, 0.6) is 5.75 Å². The van der Waals surface area contributed by atoms with Gasteiger partial charge in [-0.1, -0.05) is 60.7 Å². The molecule has 1 N–H and O–H groups in total. The Morgan fingerprint density at radius 1 is 0.879 bits per heavy atom. The van der Waals surface area contributed by atoms with Gasteiger partial charge in [0, 0.05) is 17.0 Å². The second kappa shape index (κ2) is 10.5. The summed E-state index contributed by atoms with van der Waals surface area (Å²) in [4.78, 5) is 28.2. The maximum atomic E-state index is 13.1. The van der Waals surface area contributed by atoms with Crippen molar-refractivity contribution in [2.45, 2.75) is 0 Å². The first-order valence-electron chi connectivity index (χ1n) is 10.0. The van der Waals surface area contributed by atoms with E-state index in [-0.39, 0.29) is 5.75 Å². The maximum Gasteiger partial charge on any atom is 0.344 e. The zero-order chi connectivity index (χ0) is 23.0. The van der Waals surface area contributed by atoms with Crippen LogP contribution < -0.4 is 10.1 Å². The molecule has 8 heteroatoms. The zero-order valence-corrected chi connectivity index (χ0v) is 18.2. The Balaban J connectivity index is 1.26. The lowest BCUT2D eigenvalue weighted by atomic mass is 10.0. The quantitative estimate of drug-likeness (QED) is 0.365. The van der Waals surface area contributed by atoms with E-state index in [2.05, 4.69) is 10.3 Å². The summed E-state index contributed by atoms with van der Waals surface area (Å²) in [6.07, 6.45) is 0. The maximum absolute atomic E-state index is 13.1. The molecular weight excluding hydrogens is 443 g/mol. The summed E-state index contributed by atoms with van der Waals surface area (Å²) < 4.78 is 23.1. The van der Waals surface area contributed by atoms with E-state index >= 15 is 0 Å². The second-order valence-corrected chi connectivity index (χ2v) is 7.79. The molecule has 4 aromatic rings. The molecule has 0 saturated heterocycles. The Kier molecular flexibility index (Phi) is 7.06. The first-order chi connectivity index (χ1) is 16.1. The smallest absolute Gasteiger partial charge is 0.344 e. The lowest BCUT2D eigenvalue weighted by Crippen LogP contribution is -2.23. The molecule has 0 fully saturated rings. The number of hydrogen-bond donors (Lipinski definition) is 1. The van der Waals surface area contributed by atoms with Gasteiger partial charge in [-0.2, -0.15) is 0 Å². The van der Waals surface area contributed by atoms with Crippen LogP contribution in [0.15, 0.2) is 84.2 Å². The Labute approximate surface area is 193 Å². The highest BCUT2D eigenvalue weighted by molar-refractivity contribution is 7.14. The van der Waals surface area contributed by atoms with Crippen molar-refractivity contribution in [2.24, 2.45) is 0 Å². The number of anilines is 1. The number of halogens is 1. The van der Waals surface area contributed by atoms with Gasteiger partial charge in [0.1, 0.15) is 11.6 Å². The molecular formula is C25H19FN2O4S. The number of aromatic nitrogens is 1. The Bertz CT molecular complexity index is 1240. The minimum Gasteiger partial charge on any atom is -0.482 e. The van der Waals surface area contributed by atoms with Gasteiger partial charge in [-0.15, -0.1) is 11.3 Å². The minimum absolute atomic E-state index is 0.198. The third kappa shape index (κ3) is 6.24. The molecule has 1 aromatic heterocycles. The van der Waals surface area contributed by atoms with Crippen LogP contribution in [0.3, 0.4) is 0 Å². The number of carbonyl (C=O) groups is 2. The van der Waals surface area contributed by atoms with Crippen LogP contribution in [-0.4, -0.2) is 30.1 Å². The minimum atomic E-state index is -0.743. The monoisotopic (exact) mass is 462 g/mol. The van der Waals surface area contributed by atoms with Crippen molar-refractivity contribution in [1.29, 1.82) is 0 Å². The number of esters is 1. The van der Waals surface area contributed by atoms with Gasteiger partial charge in [0.2, 0.25) is 0 Å². The van der Waals surface area contributed by atoms with E-state index in [0.717, 1.165) is 28.5 Å². The molecule has 6 nitrogen and oxygen atoms in total. The SMILES string of the molecule is O=C(COC(=O)COc1cccc(F)c1)Nc1nc(-c2ccc(-c3ccccc3)cc2)cs1. The zero-order valence-electron chi connectivity index (χ0n) is 17.4. The highest BCUT2D eigenvalue weighted by atomic mass is 32.1. The van der Waals surface area contributed by atoms with Crippen molar-refractivity contribution in [3.63, 3.8) is 0 Å². The summed E-state index contributed by atoms with van der Waals surface area (Å²) in [5.41, 5.74) is 3.89. The number of carbonyl (C=O) groups excluding carboxylic acids is 2. The van der Waals surface area contributed by atoms with Crippen LogP contribution in [-0.2, 0) is 14.3 Å². The number of nitrogens with one attached hydrogen (secondary N) is 1. The van der Waals surface area contributed by atoms with Gasteiger partial charge in [-0.3, -0.25) is 10.1 Å². The predicted octanol–water partition coefficient (Wildman–Crippen LogP) is 5.18. The lowest BCUT2D eigenvalue weighted by Gasteiger charge is -2.07. The molecule has 0 aliphatic heterocycles. The second-order valence-electron chi connectivity index (χ2n) is 6.94. The summed E-state index contributed by atoms with van der Waals surface area (Å²) in [5.74, 6) is -1.54. The van der Waals surface area contributed by atoms with Gasteiger partial charge in [-0.05, 0) is 23.3 Å². The van der Waals surface area contributed by atoms with Gasteiger partial charge >= 0.3 is 5.97 Å². The largest absolute Gasteiger partial charge is 0.482 e. The van der Waals surface area contributed by atoms with Crippen molar-refractivity contribution in [3.8, 4) is 28.1 Å². The highest BCUT2D eigenvalue weighted by Gasteiger charge is 2.12. The van der Waals surface area contributed by atoms with Crippen LogP contribution in [0.4, 0.5) is 9.52 Å². The van der Waals surface area contributed by atoms with Crippen molar-refractivity contribution in [1.82, 2.24) is 4.98 Å². The third-order valence-electron chi connectivity index (χ3n) is 4.56. The summed E-state index contributed by atoms with van der Waals surface area (Å²) in [6.45, 7) is -0.914. The number of hydrogen-bond acceptors (Lipinski definition) is 6. The summed E-state index contributed by atoms with van der Waals surface area (Å²) in [6, 6.07) is 23.4. The number of ether oxygens (including phenoxy) is 2. The fourth-order valence-corrected chi connectivity index (χ4v) is 3.71. The van der Waals surface area contributed by atoms with Crippen molar-refractivity contribution in [3.05, 3.63) is 90.1 Å². The summed E-state index contributed by atoms with van der Waals surface area (Å²) in [7, 11) is 0. The van der Waals surface area contributed by atoms with Crippen LogP contribution in [0.2, 0.25) is 0 Å². The molecule has 0 atom stereocenters. The molecule has 1 heterocycles. The molecule has 0 aliphatic rings. The van der Waals surface area contributed by atoms with Crippen LogP contribution >= 0.6 is 11.3 Å². The molecule has 0 aliphatic carbocycles. The predicted molar refractivity (Wildman–Crippen MR) is 124 cm³/mol. The summed E-state index contributed by atoms with van der Waals surface area (Å²) >= 11 is 1.27. The number of thiazole rings is 1. The molecule has 0 bridgehead atoms. The molecule has 166 valence electrons. The van der Waals surface area contributed by atoms with Gasteiger partial charge in [0.15, 0.2) is 18.3 Å². The Morgan fingerprint density at radius 3 is 2.36 bits per heavy atom. The van der Waals surface area contributed by atoms with Crippen molar-refractivity contribution >= 4 is 28.3 Å². The van der Waals surface area contributed by atoms with Gasteiger partial charge in [0.05, 0.1) is 5.69 Å². The molecule has 0 unspecified atom stereocenters. The topological polar surface area (TPSA) is 77.5 Å². The van der Waals surface area contributed by atoms with E-state index in [4.69, 9.17) is 9.47 Å². The van der Waals surface area contributed by atoms with E-state index in [1.165, 1.54) is 29.5 Å². The van der Waals surface area contributed by atoms with Crippen LogP contribution in [0, 0.1) is 5.82 Å². The van der Waals surface area contributed by atoms with Crippen LogP contribution in [0.1, 0.15) is 0 Å². The van der Waals surface area contributed by atoms with Crippen molar-refractivity contribution in [2.75, 3.05) is 18.5 Å². The Hall–Kier alpha value is -4.04. The first kappa shape index (κ1) is 22.2. The normalized spacial score (nSPS) is 10.5. The number of rotatable bonds is 8. The molecule has 0 radical (unpaired) electrons. The van der Waals surface area contributed by atoms with E-state index < -0.39 is 30.9 Å². The number of benzene rings is 3. The average Bonchev–Trinajstić information content (AvgIpc) is 3.30. The van der Waals surface area contributed by atoms with E-state index in [1.54, 1.807) is 0 Å². The average molecular weight is 463 g/mol.